The molecule has 2 amide bonds. The molecule has 1 saturated heterocycles. The lowest BCUT2D eigenvalue weighted by Crippen LogP contribution is -2.64. The highest BCUT2D eigenvalue weighted by Gasteiger charge is 2.42. The molecule has 1 aromatic rings. The van der Waals surface area contributed by atoms with Gasteiger partial charge in [0.2, 0.25) is 5.91 Å². The zero-order valence-corrected chi connectivity index (χ0v) is 11.6. The number of halogens is 1. The van der Waals surface area contributed by atoms with Gasteiger partial charge in [0.1, 0.15) is 11.4 Å². The molecular weight excluding hydrogens is 263 g/mol. The van der Waals surface area contributed by atoms with Gasteiger partial charge in [-0.05, 0) is 26.8 Å². The number of amides is 2. The fourth-order valence-corrected chi connectivity index (χ4v) is 2.30. The van der Waals surface area contributed by atoms with Crippen LogP contribution in [0.15, 0.2) is 18.2 Å². The Morgan fingerprint density at radius 3 is 2.65 bits per heavy atom. The third-order valence-electron chi connectivity index (χ3n) is 3.52. The van der Waals surface area contributed by atoms with Crippen LogP contribution in [0.4, 0.5) is 10.1 Å². The Bertz CT molecular complexity index is 570. The van der Waals surface area contributed by atoms with Gasteiger partial charge in [-0.3, -0.25) is 14.9 Å². The molecule has 1 aromatic carbocycles. The van der Waals surface area contributed by atoms with Gasteiger partial charge < -0.3 is 10.0 Å². The van der Waals surface area contributed by atoms with Gasteiger partial charge in [0.15, 0.2) is 0 Å². The van der Waals surface area contributed by atoms with E-state index in [1.165, 1.54) is 24.0 Å². The maximum Gasteiger partial charge on any atom is 0.251 e. The summed E-state index contributed by atoms with van der Waals surface area (Å²) in [5.41, 5.74) is -0.643. The van der Waals surface area contributed by atoms with Crippen molar-refractivity contribution < 1.29 is 19.1 Å². The van der Waals surface area contributed by atoms with E-state index in [4.69, 9.17) is 0 Å². The molecule has 1 aliphatic heterocycles. The van der Waals surface area contributed by atoms with Gasteiger partial charge in [-0.25, -0.2) is 4.39 Å². The first-order chi connectivity index (χ1) is 9.25. The van der Waals surface area contributed by atoms with Crippen molar-refractivity contribution in [2.24, 2.45) is 0 Å². The number of nitrogens with one attached hydrogen (secondary N) is 1. The zero-order valence-electron chi connectivity index (χ0n) is 11.6. The van der Waals surface area contributed by atoms with Gasteiger partial charge in [0, 0.05) is 5.56 Å². The second kappa shape index (κ2) is 4.86. The summed E-state index contributed by atoms with van der Waals surface area (Å²) in [5, 5.41) is 12.0. The van der Waals surface area contributed by atoms with Crippen LogP contribution in [-0.4, -0.2) is 29.0 Å². The average molecular weight is 280 g/mol. The molecular formula is C14H17FN2O3. The highest BCUT2D eigenvalue weighted by atomic mass is 19.1. The van der Waals surface area contributed by atoms with E-state index in [1.807, 2.05) is 0 Å². The molecule has 20 heavy (non-hydrogen) atoms. The first kappa shape index (κ1) is 14.5. The van der Waals surface area contributed by atoms with Crippen molar-refractivity contribution >= 4 is 17.5 Å². The largest absolute Gasteiger partial charge is 0.389 e. The summed E-state index contributed by atoms with van der Waals surface area (Å²) in [6.07, 6.45) is -0.906. The number of rotatable bonds is 2. The van der Waals surface area contributed by atoms with Crippen molar-refractivity contribution in [2.75, 3.05) is 11.4 Å². The van der Waals surface area contributed by atoms with Gasteiger partial charge in [-0.15, -0.1) is 0 Å². The van der Waals surface area contributed by atoms with Crippen LogP contribution in [0.25, 0.3) is 0 Å². The van der Waals surface area contributed by atoms with Crippen LogP contribution in [0.3, 0.4) is 0 Å². The zero-order chi connectivity index (χ0) is 15.1. The number of nitrogens with zero attached hydrogens (tertiary/aromatic N) is 1. The van der Waals surface area contributed by atoms with E-state index in [0.717, 1.165) is 0 Å². The lowest BCUT2D eigenvalue weighted by atomic mass is 9.95. The normalized spacial score (nSPS) is 19.8. The van der Waals surface area contributed by atoms with Crippen LogP contribution >= 0.6 is 0 Å². The Kier molecular flexibility index (Phi) is 3.52. The average Bonchev–Trinajstić information content (AvgIpc) is 2.34. The van der Waals surface area contributed by atoms with Crippen LogP contribution in [0.1, 0.15) is 32.4 Å². The number of para-hydroxylation sites is 1. The number of aliphatic hydroxyl groups is 1. The summed E-state index contributed by atoms with van der Waals surface area (Å²) in [6.45, 7) is 4.58. The predicted molar refractivity (Wildman–Crippen MR) is 71.6 cm³/mol. The monoisotopic (exact) mass is 280 g/mol. The van der Waals surface area contributed by atoms with Gasteiger partial charge in [0.25, 0.3) is 5.91 Å². The second-order valence-electron chi connectivity index (χ2n) is 5.38. The minimum absolute atomic E-state index is 0.0932. The number of hydrogen-bond donors (Lipinski definition) is 2. The predicted octanol–water partition coefficient (Wildman–Crippen LogP) is 1.12. The highest BCUT2D eigenvalue weighted by molar-refractivity contribution is 6.06. The SMILES string of the molecule is C[C@@H](O)c1cccc(F)c1N1CC(=O)NC(=O)C1(C)C. The number of benzene rings is 1. The number of anilines is 1. The lowest BCUT2D eigenvalue weighted by Gasteiger charge is -2.42. The van der Waals surface area contributed by atoms with E-state index in [1.54, 1.807) is 19.9 Å². The Morgan fingerprint density at radius 1 is 1.40 bits per heavy atom. The van der Waals surface area contributed by atoms with Crippen LogP contribution in [0, 0.1) is 5.82 Å². The summed E-state index contributed by atoms with van der Waals surface area (Å²) in [5.74, 6) is -1.55. The smallest absolute Gasteiger partial charge is 0.251 e. The first-order valence-electron chi connectivity index (χ1n) is 6.33. The number of piperazine rings is 1. The fourth-order valence-electron chi connectivity index (χ4n) is 2.30. The topological polar surface area (TPSA) is 69.6 Å². The number of aliphatic hydroxyl groups excluding tert-OH is 1. The van der Waals surface area contributed by atoms with Crippen molar-refractivity contribution in [2.45, 2.75) is 32.4 Å². The maximum atomic E-state index is 14.2. The third-order valence-corrected chi connectivity index (χ3v) is 3.52. The Morgan fingerprint density at radius 2 is 2.05 bits per heavy atom. The van der Waals surface area contributed by atoms with Crippen LogP contribution in [0.5, 0.6) is 0 Å². The number of carbonyl (C=O) groups excluding carboxylic acids is 2. The summed E-state index contributed by atoms with van der Waals surface area (Å²) in [6, 6.07) is 4.31. The summed E-state index contributed by atoms with van der Waals surface area (Å²) < 4.78 is 14.2. The number of hydrogen-bond acceptors (Lipinski definition) is 4. The molecule has 1 heterocycles. The van der Waals surface area contributed by atoms with E-state index in [9.17, 15) is 19.1 Å². The maximum absolute atomic E-state index is 14.2. The number of imide groups is 1. The second-order valence-corrected chi connectivity index (χ2v) is 5.38. The summed E-state index contributed by atoms with van der Waals surface area (Å²) >= 11 is 0. The molecule has 0 aliphatic carbocycles. The van der Waals surface area contributed by atoms with Crippen LogP contribution in [0.2, 0.25) is 0 Å². The molecule has 0 unspecified atom stereocenters. The van der Waals surface area contributed by atoms with E-state index >= 15 is 0 Å². The van der Waals surface area contributed by atoms with Gasteiger partial charge in [-0.1, -0.05) is 12.1 Å². The lowest BCUT2D eigenvalue weighted by molar-refractivity contribution is -0.135. The molecule has 2 rings (SSSR count). The molecule has 1 atom stereocenters. The summed E-state index contributed by atoms with van der Waals surface area (Å²) in [7, 11) is 0. The molecule has 2 N–H and O–H groups in total. The first-order valence-corrected chi connectivity index (χ1v) is 6.33. The third kappa shape index (κ3) is 2.27. The molecule has 1 aliphatic rings. The van der Waals surface area contributed by atoms with Gasteiger partial charge in [0.05, 0.1) is 18.3 Å². The summed E-state index contributed by atoms with van der Waals surface area (Å²) in [4.78, 5) is 24.9. The standard InChI is InChI=1S/C14H17FN2O3/c1-8(18)9-5-4-6-10(15)12(9)17-7-11(19)16-13(20)14(17,2)3/h4-6,8,18H,7H2,1-3H3,(H,16,19,20)/t8-/m1/s1. The van der Waals surface area contributed by atoms with Gasteiger partial charge in [-0.2, -0.15) is 0 Å². The minimum Gasteiger partial charge on any atom is -0.389 e. The molecule has 0 bridgehead atoms. The van der Waals surface area contributed by atoms with Crippen molar-refractivity contribution in [3.8, 4) is 0 Å². The minimum atomic E-state index is -1.08. The van der Waals surface area contributed by atoms with Crippen LogP contribution in [-0.2, 0) is 9.59 Å². The Hall–Kier alpha value is -1.95. The molecule has 0 saturated carbocycles. The van der Waals surface area contributed by atoms with Gasteiger partial charge >= 0.3 is 0 Å². The number of carbonyl (C=O) groups is 2. The molecule has 108 valence electrons. The van der Waals surface area contributed by atoms with Crippen molar-refractivity contribution in [3.05, 3.63) is 29.6 Å². The quantitative estimate of drug-likeness (QED) is 0.797. The highest BCUT2D eigenvalue weighted by Crippen LogP contribution is 2.34. The van der Waals surface area contributed by atoms with E-state index in [2.05, 4.69) is 5.32 Å². The van der Waals surface area contributed by atoms with E-state index in [-0.39, 0.29) is 12.2 Å². The van der Waals surface area contributed by atoms with Crippen LogP contribution < -0.4 is 10.2 Å². The van der Waals surface area contributed by atoms with E-state index in [0.29, 0.717) is 5.56 Å². The van der Waals surface area contributed by atoms with E-state index < -0.39 is 29.3 Å². The molecule has 5 nitrogen and oxygen atoms in total. The molecule has 0 aromatic heterocycles. The molecule has 0 spiro atoms. The molecule has 0 radical (unpaired) electrons. The van der Waals surface area contributed by atoms with Crippen molar-refractivity contribution in [1.82, 2.24) is 5.32 Å². The molecule has 1 fully saturated rings. The van der Waals surface area contributed by atoms with Crippen molar-refractivity contribution in [1.29, 1.82) is 0 Å². The Balaban J connectivity index is 2.60. The fraction of sp³-hybridized carbons (Fsp3) is 0.429. The van der Waals surface area contributed by atoms with Crippen molar-refractivity contribution in [3.63, 3.8) is 0 Å². The molecule has 6 heteroatoms. The Labute approximate surface area is 116 Å².